The van der Waals surface area contributed by atoms with E-state index in [-0.39, 0.29) is 25.5 Å². The lowest BCUT2D eigenvalue weighted by Gasteiger charge is -2.28. The highest BCUT2D eigenvalue weighted by molar-refractivity contribution is 9.15. The Morgan fingerprint density at radius 2 is 1.14 bits per heavy atom. The molecule has 0 amide bonds. The molecule has 29 heavy (non-hydrogen) atoms. The third kappa shape index (κ3) is 16.2. The van der Waals surface area contributed by atoms with E-state index in [1.807, 2.05) is 0 Å². The van der Waals surface area contributed by atoms with Gasteiger partial charge in [-0.05, 0) is 35.7 Å². The summed E-state index contributed by atoms with van der Waals surface area (Å²) in [7, 11) is 0. The topological polar surface area (TPSA) is 26.3 Å². The van der Waals surface area contributed by atoms with Crippen LogP contribution < -0.4 is 0 Å². The van der Waals surface area contributed by atoms with Gasteiger partial charge in [-0.15, -0.1) is 0 Å². The van der Waals surface area contributed by atoms with Gasteiger partial charge in [0.2, 0.25) is 0 Å². The lowest BCUT2D eigenvalue weighted by Crippen LogP contribution is -2.39. The van der Waals surface area contributed by atoms with Crippen molar-refractivity contribution < 1.29 is 9.53 Å². The lowest BCUT2D eigenvalue weighted by atomic mass is 10.0. The fourth-order valence-corrected chi connectivity index (χ4v) is 7.61. The Bertz CT molecular complexity index is 412. The zero-order valence-corrected chi connectivity index (χ0v) is 28.0. The molecule has 2 nitrogen and oxygen atoms in total. The third-order valence-corrected chi connectivity index (χ3v) is 13.6. The van der Waals surface area contributed by atoms with Crippen molar-refractivity contribution in [1.29, 1.82) is 0 Å². The molecule has 9 heteroatoms. The van der Waals surface area contributed by atoms with Crippen LogP contribution >= 0.6 is 112 Å². The van der Waals surface area contributed by atoms with Gasteiger partial charge < -0.3 is 4.74 Å². The van der Waals surface area contributed by atoms with Crippen LogP contribution in [0.5, 0.6) is 0 Å². The molecule has 0 heterocycles. The molecule has 0 bridgehead atoms. The summed E-state index contributed by atoms with van der Waals surface area (Å²) in [5, 5.41) is 0.842. The summed E-state index contributed by atoms with van der Waals surface area (Å²) in [5.41, 5.74) is 0. The molecule has 0 radical (unpaired) electrons. The first-order valence-electron chi connectivity index (χ1n) is 10.3. The minimum absolute atomic E-state index is 0.0685. The van der Waals surface area contributed by atoms with Crippen molar-refractivity contribution in [1.82, 2.24) is 0 Å². The molecule has 0 aromatic rings. The van der Waals surface area contributed by atoms with Gasteiger partial charge in [-0.3, -0.25) is 4.79 Å². The van der Waals surface area contributed by atoms with E-state index in [2.05, 4.69) is 112 Å². The van der Waals surface area contributed by atoms with Gasteiger partial charge in [0, 0.05) is 19.8 Å². The van der Waals surface area contributed by atoms with Crippen LogP contribution in [0.2, 0.25) is 0 Å². The maximum atomic E-state index is 12.1. The summed E-state index contributed by atoms with van der Waals surface area (Å²) in [5.74, 6) is -0.283. The van der Waals surface area contributed by atoms with Crippen molar-refractivity contribution >= 4 is 117 Å². The molecule has 6 unspecified atom stereocenters. The highest BCUT2D eigenvalue weighted by Crippen LogP contribution is 2.35. The van der Waals surface area contributed by atoms with Crippen LogP contribution in [0.1, 0.15) is 77.6 Å². The molecule has 0 saturated carbocycles. The first kappa shape index (κ1) is 31.8. The molecule has 0 aliphatic rings. The molecule has 0 aliphatic heterocycles. The van der Waals surface area contributed by atoms with E-state index in [1.54, 1.807) is 6.92 Å². The van der Waals surface area contributed by atoms with Crippen molar-refractivity contribution in [3.8, 4) is 0 Å². The van der Waals surface area contributed by atoms with Crippen LogP contribution in [0.3, 0.4) is 0 Å². The summed E-state index contributed by atoms with van der Waals surface area (Å²) in [6.45, 7) is 1.78. The third-order valence-electron chi connectivity index (χ3n) is 4.60. The predicted molar refractivity (Wildman–Crippen MR) is 153 cm³/mol. The average molecular weight is 865 g/mol. The van der Waals surface area contributed by atoms with Crippen LogP contribution in [-0.4, -0.2) is 40.4 Å². The molecular formula is C20H33Br7O2. The Morgan fingerprint density at radius 3 is 1.59 bits per heavy atom. The van der Waals surface area contributed by atoms with E-state index in [1.165, 1.54) is 64.2 Å². The molecule has 0 aliphatic carbocycles. The minimum Gasteiger partial charge on any atom is -0.450 e. The monoisotopic (exact) mass is 858 g/mol. The Labute approximate surface area is 236 Å². The largest absolute Gasteiger partial charge is 0.450 e. The van der Waals surface area contributed by atoms with Crippen LogP contribution in [0.25, 0.3) is 0 Å². The van der Waals surface area contributed by atoms with Crippen molar-refractivity contribution in [3.63, 3.8) is 0 Å². The van der Waals surface area contributed by atoms with Gasteiger partial charge >= 0.3 is 5.97 Å². The van der Waals surface area contributed by atoms with Crippen LogP contribution in [0.4, 0.5) is 0 Å². The fraction of sp³-hybridized carbons (Fsp3) is 0.950. The highest BCUT2D eigenvalue weighted by atomic mass is 79.9. The number of carbonyl (C=O) groups is 1. The number of halogens is 7. The summed E-state index contributed by atoms with van der Waals surface area (Å²) in [6.07, 6.45) is 14.5. The average Bonchev–Trinajstić information content (AvgIpc) is 2.68. The van der Waals surface area contributed by atoms with Gasteiger partial charge in [0.15, 0.2) is 5.01 Å². The van der Waals surface area contributed by atoms with Gasteiger partial charge in [0.1, 0.15) is 4.83 Å². The normalized spacial score (nSPS) is 17.9. The first-order valence-corrected chi connectivity index (χ1v) is 16.9. The first-order chi connectivity index (χ1) is 13.7. The van der Waals surface area contributed by atoms with Gasteiger partial charge in [-0.1, -0.05) is 153 Å². The Hall–Kier alpha value is 2.83. The smallest absolute Gasteiger partial charge is 0.322 e. The van der Waals surface area contributed by atoms with Crippen molar-refractivity contribution in [2.75, 3.05) is 5.33 Å². The molecule has 0 fully saturated rings. The number of unbranched alkanes of at least 4 members (excludes halogenated alkanes) is 9. The van der Waals surface area contributed by atoms with Crippen molar-refractivity contribution in [2.24, 2.45) is 0 Å². The number of carbonyl (C=O) groups excluding carboxylic acids is 1. The number of rotatable bonds is 18. The molecule has 0 rings (SSSR count). The van der Waals surface area contributed by atoms with Crippen molar-refractivity contribution in [2.45, 2.75) is 107 Å². The number of hydrogen-bond acceptors (Lipinski definition) is 2. The van der Waals surface area contributed by atoms with E-state index in [0.29, 0.717) is 4.83 Å². The Kier molecular flexibility index (Phi) is 22.2. The van der Waals surface area contributed by atoms with E-state index < -0.39 is 4.83 Å². The zero-order valence-electron chi connectivity index (χ0n) is 16.9. The van der Waals surface area contributed by atoms with Gasteiger partial charge in [-0.2, -0.15) is 0 Å². The number of esters is 1. The molecule has 174 valence electrons. The summed E-state index contributed by atoms with van der Waals surface area (Å²) in [6, 6.07) is 0. The van der Waals surface area contributed by atoms with Crippen molar-refractivity contribution in [3.05, 3.63) is 0 Å². The standard InChI is InChI=1S/C20H33Br7O2/c1-14(22)29-20(28)19(27)18(26)17(25)16(24)15(23)12-10-8-6-4-2-3-5-7-9-11-13-21/h14-19H,2-13H2,1H3. The Balaban J connectivity index is 3.94. The van der Waals surface area contributed by atoms with Gasteiger partial charge in [0.05, 0.1) is 4.83 Å². The SMILES string of the molecule is CC(Br)OC(=O)C(Br)C(Br)C(Br)C(Br)C(Br)CCCCCCCCCCCCBr. The van der Waals surface area contributed by atoms with E-state index >= 15 is 0 Å². The zero-order chi connectivity index (χ0) is 22.2. The van der Waals surface area contributed by atoms with E-state index in [0.717, 1.165) is 11.8 Å². The Morgan fingerprint density at radius 1 is 0.690 bits per heavy atom. The lowest BCUT2D eigenvalue weighted by molar-refractivity contribution is -0.143. The molecule has 0 spiro atoms. The van der Waals surface area contributed by atoms with E-state index in [4.69, 9.17) is 4.74 Å². The minimum atomic E-state index is -0.425. The predicted octanol–water partition coefficient (Wildman–Crippen LogP) is 9.77. The van der Waals surface area contributed by atoms with Gasteiger partial charge in [-0.25, -0.2) is 0 Å². The van der Waals surface area contributed by atoms with E-state index in [9.17, 15) is 4.79 Å². The van der Waals surface area contributed by atoms with Crippen LogP contribution in [0, 0.1) is 0 Å². The maximum absolute atomic E-state index is 12.1. The molecular weight excluding hydrogens is 832 g/mol. The second kappa shape index (κ2) is 20.2. The fourth-order valence-electron chi connectivity index (χ4n) is 2.90. The summed E-state index contributed by atoms with van der Waals surface area (Å²) >= 11 is 25.2. The number of alkyl halides is 7. The number of hydrogen-bond donors (Lipinski definition) is 0. The quantitative estimate of drug-likeness (QED) is 0.0780. The molecule has 0 aromatic heterocycles. The summed E-state index contributed by atoms with van der Waals surface area (Å²) < 4.78 is 5.22. The summed E-state index contributed by atoms with van der Waals surface area (Å²) in [4.78, 5) is 12.2. The van der Waals surface area contributed by atoms with Crippen LogP contribution in [0.15, 0.2) is 0 Å². The second-order valence-corrected chi connectivity index (χ2v) is 14.7. The number of ether oxygens (including phenoxy) is 1. The highest BCUT2D eigenvalue weighted by Gasteiger charge is 2.36. The van der Waals surface area contributed by atoms with Crippen LogP contribution in [-0.2, 0) is 9.53 Å². The molecule has 6 atom stereocenters. The molecule has 0 aromatic carbocycles. The molecule has 0 N–H and O–H groups in total. The second-order valence-electron chi connectivity index (χ2n) is 7.24. The maximum Gasteiger partial charge on any atom is 0.322 e. The molecule has 0 saturated heterocycles. The van der Waals surface area contributed by atoms with Gasteiger partial charge in [0.25, 0.3) is 0 Å².